The molecule has 4 bridgehead atoms. The minimum atomic E-state index is 0.0370. The van der Waals surface area contributed by atoms with Crippen LogP contribution in [0.2, 0.25) is 0 Å². The Morgan fingerprint density at radius 3 is 1.68 bits per heavy atom. The molecular formula is C71H60N2. The molecule has 0 atom stereocenters. The fraction of sp³-hybridized carbons (Fsp3) is 0.211. The lowest BCUT2D eigenvalue weighted by molar-refractivity contribution is -0.0399. The van der Waals surface area contributed by atoms with Gasteiger partial charge in [0, 0.05) is 38.6 Å². The van der Waals surface area contributed by atoms with Crippen LogP contribution in [0.1, 0.15) is 75.1 Å². The van der Waals surface area contributed by atoms with Gasteiger partial charge in [-0.25, -0.2) is 0 Å². The molecule has 0 unspecified atom stereocenters. The summed E-state index contributed by atoms with van der Waals surface area (Å²) in [7, 11) is 0. The van der Waals surface area contributed by atoms with Gasteiger partial charge in [-0.15, -0.1) is 0 Å². The van der Waals surface area contributed by atoms with Crippen molar-refractivity contribution in [3.63, 3.8) is 0 Å². The van der Waals surface area contributed by atoms with Crippen molar-refractivity contribution in [1.29, 1.82) is 0 Å². The maximum Gasteiger partial charge on any atom is 0.0540 e. The third-order valence-corrected chi connectivity index (χ3v) is 18.4. The van der Waals surface area contributed by atoms with Crippen molar-refractivity contribution in [3.8, 4) is 22.3 Å². The summed E-state index contributed by atoms with van der Waals surface area (Å²) in [5.41, 5.74) is 18.5. The maximum atomic E-state index is 2.64. The van der Waals surface area contributed by atoms with E-state index in [1.54, 1.807) is 11.1 Å². The highest BCUT2D eigenvalue weighted by Crippen LogP contribution is 2.70. The van der Waals surface area contributed by atoms with Gasteiger partial charge in [0.2, 0.25) is 0 Å². The number of nitrogens with zero attached hydrogens (tertiary/aromatic N) is 2. The Kier molecular flexibility index (Phi) is 9.36. The van der Waals surface area contributed by atoms with Crippen molar-refractivity contribution in [2.75, 3.05) is 9.80 Å². The largest absolute Gasteiger partial charge is 0.310 e. The fourth-order valence-electron chi connectivity index (χ4n) is 15.4. The molecule has 16 rings (SSSR count). The molecule has 5 aliphatic carbocycles. The standard InChI is InChI=1S/C71H60N2/c1-44-12-10-15-50(36-44)51-22-30-59-62-43-57(29-33-63(62)71(64(59)42-51)53-38-45-37-46(40-53)41-54(71)39-45)72(56-27-25-52(26-28-56)70(2,3)4)66-34-23-48-21-32-61-67(35-24-49-20-31-60(66)68(48)69(49)61)73(55-16-6-5-7-17-55)65-19-11-14-47-13-8-9-18-58(47)65/h5-36,42-43,45-46,53-54H,37-41H2,1-4H3. The second kappa shape index (κ2) is 15.9. The van der Waals surface area contributed by atoms with Crippen molar-refractivity contribution < 1.29 is 0 Å². The van der Waals surface area contributed by atoms with Gasteiger partial charge in [0.25, 0.3) is 0 Å². The minimum Gasteiger partial charge on any atom is -0.310 e. The molecule has 0 amide bonds. The Hall–Kier alpha value is -7.68. The number of hydrogen-bond acceptors (Lipinski definition) is 2. The second-order valence-electron chi connectivity index (χ2n) is 23.4. The van der Waals surface area contributed by atoms with E-state index >= 15 is 0 Å². The molecule has 5 aliphatic rings. The van der Waals surface area contributed by atoms with Crippen molar-refractivity contribution >= 4 is 77.2 Å². The summed E-state index contributed by atoms with van der Waals surface area (Å²) in [6, 6.07) is 79.1. The molecule has 0 saturated heterocycles. The molecule has 4 saturated carbocycles. The lowest BCUT2D eigenvalue weighted by Gasteiger charge is -2.61. The molecule has 2 nitrogen and oxygen atoms in total. The summed E-state index contributed by atoms with van der Waals surface area (Å²) in [5, 5.41) is 10.1. The van der Waals surface area contributed by atoms with Crippen LogP contribution >= 0.6 is 0 Å². The molecular weight excluding hydrogens is 881 g/mol. The Labute approximate surface area is 429 Å². The molecule has 2 heteroatoms. The van der Waals surface area contributed by atoms with Crippen LogP contribution in [0.15, 0.2) is 206 Å². The van der Waals surface area contributed by atoms with Crippen molar-refractivity contribution in [2.24, 2.45) is 23.7 Å². The molecule has 0 N–H and O–H groups in total. The van der Waals surface area contributed by atoms with E-state index < -0.39 is 0 Å². The van der Waals surface area contributed by atoms with Crippen molar-refractivity contribution in [3.05, 3.63) is 229 Å². The van der Waals surface area contributed by atoms with Crippen LogP contribution in [-0.4, -0.2) is 0 Å². The lowest BCUT2D eigenvalue weighted by Crippen LogP contribution is -2.55. The number of benzene rings is 11. The molecule has 0 heterocycles. The van der Waals surface area contributed by atoms with Gasteiger partial charge < -0.3 is 9.80 Å². The van der Waals surface area contributed by atoms with Gasteiger partial charge in [-0.05, 0) is 195 Å². The van der Waals surface area contributed by atoms with Crippen molar-refractivity contribution in [1.82, 2.24) is 0 Å². The topological polar surface area (TPSA) is 6.48 Å². The number of anilines is 6. The van der Waals surface area contributed by atoms with Gasteiger partial charge in [0.15, 0.2) is 0 Å². The first-order valence-electron chi connectivity index (χ1n) is 27.0. The normalized spacial score (nSPS) is 20.7. The molecule has 4 fully saturated rings. The molecule has 0 aromatic heterocycles. The third kappa shape index (κ3) is 6.42. The average Bonchev–Trinajstić information content (AvgIpc) is 3.81. The van der Waals surface area contributed by atoms with E-state index in [1.165, 1.54) is 137 Å². The summed E-state index contributed by atoms with van der Waals surface area (Å²) in [4.78, 5) is 5.05. The zero-order valence-electron chi connectivity index (χ0n) is 42.4. The zero-order chi connectivity index (χ0) is 48.7. The van der Waals surface area contributed by atoms with Crippen LogP contribution in [0.4, 0.5) is 34.1 Å². The van der Waals surface area contributed by atoms with Gasteiger partial charge in [-0.3, -0.25) is 0 Å². The Balaban J connectivity index is 0.947. The molecule has 0 aliphatic heterocycles. The van der Waals surface area contributed by atoms with Crippen LogP contribution < -0.4 is 9.80 Å². The molecule has 11 aromatic rings. The predicted octanol–water partition coefficient (Wildman–Crippen LogP) is 19.7. The van der Waals surface area contributed by atoms with E-state index in [4.69, 9.17) is 0 Å². The fourth-order valence-corrected chi connectivity index (χ4v) is 15.4. The quantitative estimate of drug-likeness (QED) is 0.147. The number of rotatable bonds is 7. The van der Waals surface area contributed by atoms with E-state index in [9.17, 15) is 0 Å². The van der Waals surface area contributed by atoms with Crippen LogP contribution in [0.3, 0.4) is 0 Å². The smallest absolute Gasteiger partial charge is 0.0540 e. The first-order valence-corrected chi connectivity index (χ1v) is 27.0. The summed E-state index contributed by atoms with van der Waals surface area (Å²) >= 11 is 0. The van der Waals surface area contributed by atoms with E-state index in [2.05, 4.69) is 244 Å². The number of hydrogen-bond donors (Lipinski definition) is 0. The Morgan fingerprint density at radius 2 is 0.986 bits per heavy atom. The predicted molar refractivity (Wildman–Crippen MR) is 309 cm³/mol. The van der Waals surface area contributed by atoms with Crippen molar-refractivity contribution in [2.45, 2.75) is 70.6 Å². The number of fused-ring (bicyclic) bond motifs is 4. The van der Waals surface area contributed by atoms with Gasteiger partial charge >= 0.3 is 0 Å². The highest BCUT2D eigenvalue weighted by molar-refractivity contribution is 6.28. The van der Waals surface area contributed by atoms with Gasteiger partial charge in [-0.1, -0.05) is 172 Å². The van der Waals surface area contributed by atoms with Gasteiger partial charge in [0.05, 0.1) is 17.1 Å². The SMILES string of the molecule is Cc1cccc(-c2ccc3c(c2)C2(c4ccc(N(c5ccc(C(C)(C)C)cc5)c5ccc6ccc7c(N(c8ccccc8)c8cccc9ccccc89)ccc8ccc5c6c87)cc4-3)C3CC4CC(C3)CC2C4)c1. The van der Waals surface area contributed by atoms with E-state index in [0.717, 1.165) is 17.5 Å². The average molecular weight is 941 g/mol. The van der Waals surface area contributed by atoms with E-state index in [-0.39, 0.29) is 10.8 Å². The highest BCUT2D eigenvalue weighted by Gasteiger charge is 2.61. The van der Waals surface area contributed by atoms with Crippen LogP contribution in [0.25, 0.3) is 65.3 Å². The molecule has 73 heavy (non-hydrogen) atoms. The van der Waals surface area contributed by atoms with Gasteiger partial charge in [-0.2, -0.15) is 0 Å². The van der Waals surface area contributed by atoms with E-state index in [1.807, 2.05) is 0 Å². The number of aryl methyl sites for hydroxylation is 1. The third-order valence-electron chi connectivity index (χ3n) is 18.4. The monoisotopic (exact) mass is 940 g/mol. The molecule has 1 spiro atoms. The summed E-state index contributed by atoms with van der Waals surface area (Å²) < 4.78 is 0. The Morgan fingerprint density at radius 1 is 0.397 bits per heavy atom. The van der Waals surface area contributed by atoms with Crippen LogP contribution in [-0.2, 0) is 10.8 Å². The summed E-state index contributed by atoms with van der Waals surface area (Å²) in [6.45, 7) is 9.17. The first kappa shape index (κ1) is 43.0. The van der Waals surface area contributed by atoms with Crippen LogP contribution in [0, 0.1) is 30.6 Å². The lowest BCUT2D eigenvalue weighted by atomic mass is 9.43. The molecule has 354 valence electrons. The Bertz CT molecular complexity index is 3950. The summed E-state index contributed by atoms with van der Waals surface area (Å²) in [5.74, 6) is 3.14. The van der Waals surface area contributed by atoms with Gasteiger partial charge in [0.1, 0.15) is 0 Å². The summed E-state index contributed by atoms with van der Waals surface area (Å²) in [6.07, 6.45) is 6.91. The molecule has 0 radical (unpaired) electrons. The first-order chi connectivity index (χ1) is 35.7. The van der Waals surface area contributed by atoms with E-state index in [0.29, 0.717) is 11.8 Å². The second-order valence-corrected chi connectivity index (χ2v) is 23.4. The number of para-hydroxylation sites is 1. The highest BCUT2D eigenvalue weighted by atomic mass is 15.2. The minimum absolute atomic E-state index is 0.0370. The zero-order valence-corrected chi connectivity index (χ0v) is 42.4. The molecule has 11 aromatic carbocycles. The van der Waals surface area contributed by atoms with Crippen LogP contribution in [0.5, 0.6) is 0 Å². The maximum absolute atomic E-state index is 2.64.